The van der Waals surface area contributed by atoms with Gasteiger partial charge in [-0.1, -0.05) is 19.1 Å². The van der Waals surface area contributed by atoms with Crippen LogP contribution in [-0.2, 0) is 13.0 Å². The van der Waals surface area contributed by atoms with E-state index in [1.807, 2.05) is 25.1 Å². The fourth-order valence-electron chi connectivity index (χ4n) is 2.08. The molecule has 1 heterocycles. The fourth-order valence-corrected chi connectivity index (χ4v) is 2.08. The molecule has 0 amide bonds. The molecule has 0 saturated carbocycles. The maximum Gasteiger partial charge on any atom is 0.141 e. The molecule has 0 aliphatic rings. The largest absolute Gasteiger partial charge is 0.508 e. The summed E-state index contributed by atoms with van der Waals surface area (Å²) in [5, 5.41) is 9.47. The van der Waals surface area contributed by atoms with Gasteiger partial charge in [-0.2, -0.15) is 0 Å². The molecule has 0 bridgehead atoms. The Balaban J connectivity index is 2.11. The van der Waals surface area contributed by atoms with Crippen LogP contribution in [0.1, 0.15) is 30.3 Å². The predicted molar refractivity (Wildman–Crippen MR) is 83.4 cm³/mol. The van der Waals surface area contributed by atoms with E-state index in [9.17, 15) is 5.11 Å². The van der Waals surface area contributed by atoms with Gasteiger partial charge in [0.25, 0.3) is 0 Å². The predicted octanol–water partition coefficient (Wildman–Crippen LogP) is 2.95. The number of phenolic OH excluding ortho intramolecular Hbond substituents is 1. The summed E-state index contributed by atoms with van der Waals surface area (Å²) in [4.78, 5) is 4.54. The number of nitrogens with two attached hydrogens (primary N) is 1. The maximum atomic E-state index is 9.47. The lowest BCUT2D eigenvalue weighted by Crippen LogP contribution is -2.22. The Labute approximate surface area is 125 Å². The third kappa shape index (κ3) is 4.46. The highest BCUT2D eigenvalue weighted by Gasteiger charge is 2.10. The van der Waals surface area contributed by atoms with Crippen molar-refractivity contribution in [2.24, 2.45) is 5.73 Å². The van der Waals surface area contributed by atoms with Gasteiger partial charge in [0.1, 0.15) is 18.1 Å². The van der Waals surface area contributed by atoms with Gasteiger partial charge in [-0.05, 0) is 43.2 Å². The van der Waals surface area contributed by atoms with Gasteiger partial charge in [0.05, 0.1) is 5.69 Å². The molecule has 1 aromatic carbocycles. The van der Waals surface area contributed by atoms with Crippen LogP contribution in [-0.4, -0.2) is 16.1 Å². The minimum absolute atomic E-state index is 0.0856. The third-order valence-electron chi connectivity index (χ3n) is 3.36. The van der Waals surface area contributed by atoms with Crippen molar-refractivity contribution >= 4 is 0 Å². The van der Waals surface area contributed by atoms with Crippen molar-refractivity contribution in [1.82, 2.24) is 4.98 Å². The van der Waals surface area contributed by atoms with Crippen molar-refractivity contribution in [3.63, 3.8) is 0 Å². The summed E-state index contributed by atoms with van der Waals surface area (Å²) < 4.78 is 5.85. The van der Waals surface area contributed by atoms with Crippen molar-refractivity contribution in [2.75, 3.05) is 0 Å². The van der Waals surface area contributed by atoms with E-state index in [0.29, 0.717) is 13.0 Å². The number of hydrogen-bond acceptors (Lipinski definition) is 4. The first-order chi connectivity index (χ1) is 10.1. The Kier molecular flexibility index (Phi) is 5.17. The Morgan fingerprint density at radius 3 is 2.81 bits per heavy atom. The van der Waals surface area contributed by atoms with E-state index < -0.39 is 0 Å². The molecule has 0 spiro atoms. The number of ether oxygens (including phenoxy) is 1. The summed E-state index contributed by atoms with van der Waals surface area (Å²) in [6, 6.07) is 11.0. The van der Waals surface area contributed by atoms with Crippen LogP contribution in [0.4, 0.5) is 0 Å². The van der Waals surface area contributed by atoms with Crippen molar-refractivity contribution in [2.45, 2.75) is 39.3 Å². The van der Waals surface area contributed by atoms with E-state index in [2.05, 4.69) is 11.9 Å². The Bertz CT molecular complexity index is 599. The number of aryl methyl sites for hydroxylation is 1. The first kappa shape index (κ1) is 15.3. The molecule has 0 aliphatic heterocycles. The van der Waals surface area contributed by atoms with Gasteiger partial charge < -0.3 is 15.6 Å². The average molecular weight is 286 g/mol. The molecule has 1 atom stereocenters. The molecule has 4 nitrogen and oxygen atoms in total. The second-order valence-corrected chi connectivity index (χ2v) is 5.23. The number of benzene rings is 1. The number of aromatic hydroxyl groups is 1. The van der Waals surface area contributed by atoms with Crippen LogP contribution in [0.15, 0.2) is 36.4 Å². The molecule has 21 heavy (non-hydrogen) atoms. The van der Waals surface area contributed by atoms with Gasteiger partial charge in [-0.15, -0.1) is 0 Å². The minimum Gasteiger partial charge on any atom is -0.508 e. The number of aromatic nitrogens is 1. The third-order valence-corrected chi connectivity index (χ3v) is 3.36. The smallest absolute Gasteiger partial charge is 0.141 e. The molecule has 1 unspecified atom stereocenters. The zero-order valence-corrected chi connectivity index (χ0v) is 12.5. The number of hydrogen-bond donors (Lipinski definition) is 2. The van der Waals surface area contributed by atoms with Crippen LogP contribution in [0, 0.1) is 6.92 Å². The fraction of sp³-hybridized carbons (Fsp3) is 0.353. The molecule has 0 radical (unpaired) electrons. The van der Waals surface area contributed by atoms with Crippen molar-refractivity contribution in [3.8, 4) is 11.5 Å². The van der Waals surface area contributed by atoms with Gasteiger partial charge in [-0.25, -0.2) is 0 Å². The lowest BCUT2D eigenvalue weighted by Gasteiger charge is -2.14. The van der Waals surface area contributed by atoms with E-state index in [-0.39, 0.29) is 11.8 Å². The number of pyridine rings is 1. The maximum absolute atomic E-state index is 9.47. The molecule has 2 aromatic rings. The molecule has 0 saturated heterocycles. The highest BCUT2D eigenvalue weighted by atomic mass is 16.5. The van der Waals surface area contributed by atoms with Crippen LogP contribution >= 0.6 is 0 Å². The van der Waals surface area contributed by atoms with Crippen LogP contribution in [0.3, 0.4) is 0 Å². The summed E-state index contributed by atoms with van der Waals surface area (Å²) in [5.74, 6) is 0.999. The molecule has 112 valence electrons. The molecular formula is C17H22N2O2. The zero-order chi connectivity index (χ0) is 15.2. The Hall–Kier alpha value is -2.07. The van der Waals surface area contributed by atoms with E-state index >= 15 is 0 Å². The summed E-state index contributed by atoms with van der Waals surface area (Å²) >= 11 is 0. The van der Waals surface area contributed by atoms with Gasteiger partial charge >= 0.3 is 0 Å². The normalized spacial score (nSPS) is 12.1. The van der Waals surface area contributed by atoms with Gasteiger partial charge in [0.15, 0.2) is 0 Å². The van der Waals surface area contributed by atoms with Crippen molar-refractivity contribution < 1.29 is 9.84 Å². The van der Waals surface area contributed by atoms with Gasteiger partial charge in [0.2, 0.25) is 0 Å². The van der Waals surface area contributed by atoms with Gasteiger partial charge in [0, 0.05) is 18.2 Å². The molecule has 0 fully saturated rings. The average Bonchev–Trinajstić information content (AvgIpc) is 2.46. The molecule has 2 rings (SSSR count). The molecule has 3 N–H and O–H groups in total. The van der Waals surface area contributed by atoms with Crippen molar-refractivity contribution in [1.29, 1.82) is 0 Å². The molecule has 4 heteroatoms. The Morgan fingerprint density at radius 2 is 2.10 bits per heavy atom. The van der Waals surface area contributed by atoms with Crippen LogP contribution in [0.2, 0.25) is 0 Å². The van der Waals surface area contributed by atoms with E-state index in [1.54, 1.807) is 18.2 Å². The summed E-state index contributed by atoms with van der Waals surface area (Å²) in [7, 11) is 0. The second-order valence-electron chi connectivity index (χ2n) is 5.23. The number of phenols is 1. The van der Waals surface area contributed by atoms with Crippen molar-refractivity contribution in [3.05, 3.63) is 53.3 Å². The standard InChI is InChI=1S/C17H22N2O2/c1-3-14(18)10-16-17(8-7-12(2)19-16)21-11-13-5-4-6-15(20)9-13/h4-9,14,20H,3,10-11,18H2,1-2H3. The first-order valence-electron chi connectivity index (χ1n) is 7.21. The van der Waals surface area contributed by atoms with Crippen LogP contribution < -0.4 is 10.5 Å². The van der Waals surface area contributed by atoms with E-state index in [1.165, 1.54) is 0 Å². The van der Waals surface area contributed by atoms with Crippen LogP contribution in [0.25, 0.3) is 0 Å². The monoisotopic (exact) mass is 286 g/mol. The highest BCUT2D eigenvalue weighted by molar-refractivity contribution is 5.31. The SMILES string of the molecule is CCC(N)Cc1nc(C)ccc1OCc1cccc(O)c1. The number of rotatable bonds is 6. The minimum atomic E-state index is 0.0856. The summed E-state index contributed by atoms with van der Waals surface area (Å²) in [5.41, 5.74) is 8.79. The lowest BCUT2D eigenvalue weighted by molar-refractivity contribution is 0.299. The summed E-state index contributed by atoms with van der Waals surface area (Å²) in [6.45, 7) is 4.42. The van der Waals surface area contributed by atoms with Gasteiger partial charge in [-0.3, -0.25) is 4.98 Å². The zero-order valence-electron chi connectivity index (χ0n) is 12.5. The first-order valence-corrected chi connectivity index (χ1v) is 7.21. The van der Waals surface area contributed by atoms with E-state index in [4.69, 9.17) is 10.5 Å². The highest BCUT2D eigenvalue weighted by Crippen LogP contribution is 2.21. The number of nitrogens with zero attached hydrogens (tertiary/aromatic N) is 1. The molecule has 1 aromatic heterocycles. The van der Waals surface area contributed by atoms with Crippen LogP contribution in [0.5, 0.6) is 11.5 Å². The summed E-state index contributed by atoms with van der Waals surface area (Å²) in [6.07, 6.45) is 1.61. The quantitative estimate of drug-likeness (QED) is 0.856. The molecule has 0 aliphatic carbocycles. The molecular weight excluding hydrogens is 264 g/mol. The second kappa shape index (κ2) is 7.09. The topological polar surface area (TPSA) is 68.4 Å². The lowest BCUT2D eigenvalue weighted by atomic mass is 10.1. The van der Waals surface area contributed by atoms with E-state index in [0.717, 1.165) is 29.1 Å². The Morgan fingerprint density at radius 1 is 1.29 bits per heavy atom.